The lowest BCUT2D eigenvalue weighted by Gasteiger charge is -2.34. The zero-order valence-corrected chi connectivity index (χ0v) is 26.1. The molecule has 2 amide bonds. The van der Waals surface area contributed by atoms with E-state index in [1.807, 2.05) is 6.92 Å². The smallest absolute Gasteiger partial charge is 0.352 e. The molecule has 0 radical (unpaired) electrons. The van der Waals surface area contributed by atoms with Crippen LogP contribution in [0.2, 0.25) is 10.0 Å². The molecule has 7 nitrogen and oxygen atoms in total. The van der Waals surface area contributed by atoms with E-state index in [9.17, 15) is 31.2 Å². The number of halogens is 5. The van der Waals surface area contributed by atoms with E-state index in [1.54, 1.807) is 38.1 Å². The number of alkyl halides is 3. The molecule has 3 rings (SSSR count). The van der Waals surface area contributed by atoms with Crippen LogP contribution in [0.15, 0.2) is 77.7 Å². The predicted molar refractivity (Wildman–Crippen MR) is 161 cm³/mol. The molecule has 3 aromatic rings. The topological polar surface area (TPSA) is 86.8 Å². The standard InChI is InChI=1S/C30H32Cl2F3N3O4S/c1-4-20(3)36-29(40)27(5-2)37(18-24-25(31)15-10-16-26(24)32)28(39)19-38(43(41,42)23-13-7-6-8-14-23)22-12-9-11-21(17-22)30(33,34)35/h6-17,20,27H,4-5,18-19H2,1-3H3,(H,36,40)/t20-,27-/m1/s1. The van der Waals surface area contributed by atoms with Crippen LogP contribution in [-0.4, -0.2) is 43.8 Å². The number of nitrogens with one attached hydrogen (secondary N) is 1. The summed E-state index contributed by atoms with van der Waals surface area (Å²) in [4.78, 5) is 28.4. The second-order valence-corrected chi connectivity index (χ2v) is 12.5. The molecule has 2 atom stereocenters. The second kappa shape index (κ2) is 14.5. The highest BCUT2D eigenvalue weighted by Gasteiger charge is 2.36. The summed E-state index contributed by atoms with van der Waals surface area (Å²) in [5.41, 5.74) is -1.14. The largest absolute Gasteiger partial charge is 0.416 e. The maximum absolute atomic E-state index is 14.1. The van der Waals surface area contributed by atoms with Gasteiger partial charge in [-0.2, -0.15) is 13.2 Å². The second-order valence-electron chi connectivity index (χ2n) is 9.84. The molecule has 232 valence electrons. The van der Waals surface area contributed by atoms with E-state index in [4.69, 9.17) is 23.2 Å². The Morgan fingerprint density at radius 1 is 0.907 bits per heavy atom. The number of hydrogen-bond acceptors (Lipinski definition) is 4. The van der Waals surface area contributed by atoms with Crippen molar-refractivity contribution >= 4 is 50.7 Å². The monoisotopic (exact) mass is 657 g/mol. The molecule has 0 saturated heterocycles. The van der Waals surface area contributed by atoms with Crippen LogP contribution in [0.5, 0.6) is 0 Å². The zero-order chi connectivity index (χ0) is 31.9. The van der Waals surface area contributed by atoms with Gasteiger partial charge in [-0.25, -0.2) is 8.42 Å². The van der Waals surface area contributed by atoms with E-state index >= 15 is 0 Å². The first-order valence-electron chi connectivity index (χ1n) is 13.5. The molecule has 0 fully saturated rings. The number of rotatable bonds is 12. The Morgan fingerprint density at radius 2 is 1.51 bits per heavy atom. The maximum Gasteiger partial charge on any atom is 0.416 e. The first kappa shape index (κ1) is 34.2. The highest BCUT2D eigenvalue weighted by atomic mass is 35.5. The van der Waals surface area contributed by atoms with Crippen LogP contribution in [0.1, 0.15) is 44.7 Å². The van der Waals surface area contributed by atoms with Crippen molar-refractivity contribution < 1.29 is 31.2 Å². The lowest BCUT2D eigenvalue weighted by atomic mass is 10.1. The molecule has 0 heterocycles. The summed E-state index contributed by atoms with van der Waals surface area (Å²) in [6, 6.07) is 14.2. The number of carbonyl (C=O) groups is 2. The summed E-state index contributed by atoms with van der Waals surface area (Å²) in [5.74, 6) is -1.33. The van der Waals surface area contributed by atoms with Crippen LogP contribution >= 0.6 is 23.2 Å². The quantitative estimate of drug-likeness (QED) is 0.229. The van der Waals surface area contributed by atoms with E-state index in [2.05, 4.69) is 5.32 Å². The van der Waals surface area contributed by atoms with Crippen molar-refractivity contribution in [2.24, 2.45) is 0 Å². The number of benzene rings is 3. The SMILES string of the molecule is CC[C@@H](C)NC(=O)[C@@H](CC)N(Cc1c(Cl)cccc1Cl)C(=O)CN(c1cccc(C(F)(F)F)c1)S(=O)(=O)c1ccccc1. The van der Waals surface area contributed by atoms with Crippen molar-refractivity contribution in [3.05, 3.63) is 94.0 Å². The van der Waals surface area contributed by atoms with Crippen LogP contribution in [0.25, 0.3) is 0 Å². The zero-order valence-electron chi connectivity index (χ0n) is 23.7. The molecule has 43 heavy (non-hydrogen) atoms. The molecular formula is C30H32Cl2F3N3O4S. The third-order valence-corrected chi connectivity index (χ3v) is 9.34. The van der Waals surface area contributed by atoms with Crippen molar-refractivity contribution in [2.75, 3.05) is 10.8 Å². The fraction of sp³-hybridized carbons (Fsp3) is 0.333. The average molecular weight is 659 g/mol. The lowest BCUT2D eigenvalue weighted by Crippen LogP contribution is -2.53. The summed E-state index contributed by atoms with van der Waals surface area (Å²) in [7, 11) is -4.54. The minimum Gasteiger partial charge on any atom is -0.352 e. The van der Waals surface area contributed by atoms with Gasteiger partial charge in [0.1, 0.15) is 12.6 Å². The molecule has 0 aliphatic carbocycles. The Bertz CT molecular complexity index is 1520. The Balaban J connectivity index is 2.15. The van der Waals surface area contributed by atoms with E-state index in [-0.39, 0.29) is 39.6 Å². The Labute approximate surface area is 259 Å². The van der Waals surface area contributed by atoms with Gasteiger partial charge in [0.15, 0.2) is 0 Å². The number of amides is 2. The third kappa shape index (κ3) is 8.43. The van der Waals surface area contributed by atoms with Gasteiger partial charge in [0.05, 0.1) is 16.1 Å². The van der Waals surface area contributed by atoms with Gasteiger partial charge in [-0.1, -0.05) is 67.4 Å². The van der Waals surface area contributed by atoms with Gasteiger partial charge in [-0.05, 0) is 62.2 Å². The number of anilines is 1. The molecule has 0 aliphatic heterocycles. The summed E-state index contributed by atoms with van der Waals surface area (Å²) in [6.07, 6.45) is -4.01. The molecule has 13 heteroatoms. The number of nitrogens with zero attached hydrogens (tertiary/aromatic N) is 2. The molecule has 0 unspecified atom stereocenters. The average Bonchev–Trinajstić information content (AvgIpc) is 2.97. The predicted octanol–water partition coefficient (Wildman–Crippen LogP) is 6.93. The van der Waals surface area contributed by atoms with Gasteiger partial charge in [0.25, 0.3) is 10.0 Å². The molecule has 0 bridgehead atoms. The first-order chi connectivity index (χ1) is 20.2. The number of sulfonamides is 1. The number of carbonyl (C=O) groups excluding carboxylic acids is 2. The van der Waals surface area contributed by atoms with Gasteiger partial charge >= 0.3 is 6.18 Å². The minimum absolute atomic E-state index is 0.144. The molecule has 0 aliphatic rings. The highest BCUT2D eigenvalue weighted by molar-refractivity contribution is 7.92. The Kier molecular flexibility index (Phi) is 11.5. The normalized spacial score (nSPS) is 13.2. The summed E-state index contributed by atoms with van der Waals surface area (Å²) in [5, 5.41) is 3.27. The highest BCUT2D eigenvalue weighted by Crippen LogP contribution is 2.34. The van der Waals surface area contributed by atoms with Crippen LogP contribution < -0.4 is 9.62 Å². The van der Waals surface area contributed by atoms with Crippen molar-refractivity contribution in [3.8, 4) is 0 Å². The van der Waals surface area contributed by atoms with Gasteiger partial charge in [-0.3, -0.25) is 13.9 Å². The van der Waals surface area contributed by atoms with Gasteiger partial charge in [-0.15, -0.1) is 0 Å². The van der Waals surface area contributed by atoms with Crippen molar-refractivity contribution in [1.29, 1.82) is 0 Å². The van der Waals surface area contributed by atoms with E-state index in [0.29, 0.717) is 22.4 Å². The molecular weight excluding hydrogens is 626 g/mol. The third-order valence-electron chi connectivity index (χ3n) is 6.85. The fourth-order valence-corrected chi connectivity index (χ4v) is 6.24. The number of hydrogen-bond donors (Lipinski definition) is 1. The molecule has 3 aromatic carbocycles. The van der Waals surface area contributed by atoms with Gasteiger partial charge < -0.3 is 10.2 Å². The lowest BCUT2D eigenvalue weighted by molar-refractivity contribution is -0.140. The van der Waals surface area contributed by atoms with Crippen LogP contribution in [0.4, 0.5) is 18.9 Å². The Hall–Kier alpha value is -3.28. The van der Waals surface area contributed by atoms with Crippen molar-refractivity contribution in [3.63, 3.8) is 0 Å². The molecule has 1 N–H and O–H groups in total. The van der Waals surface area contributed by atoms with Crippen molar-refractivity contribution in [1.82, 2.24) is 10.2 Å². The van der Waals surface area contributed by atoms with E-state index in [1.165, 1.54) is 30.3 Å². The van der Waals surface area contributed by atoms with Crippen LogP contribution in [-0.2, 0) is 32.3 Å². The molecule has 0 spiro atoms. The van der Waals surface area contributed by atoms with E-state index < -0.39 is 46.2 Å². The Morgan fingerprint density at radius 3 is 2.07 bits per heavy atom. The van der Waals surface area contributed by atoms with Crippen LogP contribution in [0.3, 0.4) is 0 Å². The van der Waals surface area contributed by atoms with Crippen molar-refractivity contribution in [2.45, 2.75) is 63.3 Å². The summed E-state index contributed by atoms with van der Waals surface area (Å²) < 4.78 is 69.1. The van der Waals surface area contributed by atoms with E-state index in [0.717, 1.165) is 17.0 Å². The molecule has 0 aromatic heterocycles. The first-order valence-corrected chi connectivity index (χ1v) is 15.7. The maximum atomic E-state index is 14.1. The minimum atomic E-state index is -4.77. The summed E-state index contributed by atoms with van der Waals surface area (Å²) in [6.45, 7) is 4.18. The summed E-state index contributed by atoms with van der Waals surface area (Å²) >= 11 is 12.8. The molecule has 0 saturated carbocycles. The van der Waals surface area contributed by atoms with Gasteiger partial charge in [0.2, 0.25) is 11.8 Å². The fourth-order valence-electron chi connectivity index (χ4n) is 4.30. The van der Waals surface area contributed by atoms with Gasteiger partial charge in [0, 0.05) is 28.2 Å². The van der Waals surface area contributed by atoms with Crippen LogP contribution in [0, 0.1) is 0 Å².